The second-order valence-corrected chi connectivity index (χ2v) is 6.84. The Morgan fingerprint density at radius 2 is 1.96 bits per heavy atom. The number of aliphatic hydroxyl groups excluding tert-OH is 1. The zero-order chi connectivity index (χ0) is 18.6. The van der Waals surface area contributed by atoms with Crippen LogP contribution in [0, 0.1) is 12.0 Å². The van der Waals surface area contributed by atoms with E-state index in [2.05, 4.69) is 31.3 Å². The van der Waals surface area contributed by atoms with E-state index in [1.807, 2.05) is 12.1 Å². The Kier molecular flexibility index (Phi) is 5.63. The number of carboxylic acid groups (broad SMARTS) is 1. The Hall–Kier alpha value is -2.61. The number of benzene rings is 1. The van der Waals surface area contributed by atoms with Gasteiger partial charge in [0.15, 0.2) is 5.71 Å². The lowest BCUT2D eigenvalue weighted by molar-refractivity contribution is -0.439. The maximum atomic E-state index is 11.9. The Labute approximate surface area is 148 Å². The van der Waals surface area contributed by atoms with Crippen LogP contribution in [-0.2, 0) is 10.2 Å². The highest BCUT2D eigenvalue weighted by Crippen LogP contribution is 2.40. The number of carbonyl (C=O) groups excluding carboxylic acids is 2. The summed E-state index contributed by atoms with van der Waals surface area (Å²) >= 11 is 0. The summed E-state index contributed by atoms with van der Waals surface area (Å²) in [6, 6.07) is 5.49. The van der Waals surface area contributed by atoms with Gasteiger partial charge < -0.3 is 15.0 Å². The van der Waals surface area contributed by atoms with E-state index in [0.29, 0.717) is 12.0 Å². The van der Waals surface area contributed by atoms with Gasteiger partial charge in [0.05, 0.1) is 5.41 Å². The maximum Gasteiger partial charge on any atom is 0.239 e. The Morgan fingerprint density at radius 3 is 2.60 bits per heavy atom. The number of hydrogen-bond donors (Lipinski definition) is 1. The zero-order valence-electron chi connectivity index (χ0n) is 14.9. The van der Waals surface area contributed by atoms with Gasteiger partial charge in [0.25, 0.3) is 0 Å². The lowest BCUT2D eigenvalue weighted by Gasteiger charge is -2.15. The Balaban J connectivity index is 2.20. The Bertz CT molecular complexity index is 794. The van der Waals surface area contributed by atoms with Crippen LogP contribution >= 0.6 is 0 Å². The highest BCUT2D eigenvalue weighted by Gasteiger charge is 2.43. The third kappa shape index (κ3) is 3.90. The number of hydrogen-bond acceptors (Lipinski definition) is 4. The van der Waals surface area contributed by atoms with Crippen molar-refractivity contribution in [1.82, 2.24) is 0 Å². The van der Waals surface area contributed by atoms with Gasteiger partial charge in [-0.1, -0.05) is 0 Å². The van der Waals surface area contributed by atoms with Crippen molar-refractivity contribution in [1.29, 1.82) is 0 Å². The van der Waals surface area contributed by atoms with Crippen molar-refractivity contribution in [2.45, 2.75) is 51.9 Å². The third-order valence-corrected chi connectivity index (χ3v) is 4.96. The summed E-state index contributed by atoms with van der Waals surface area (Å²) in [5, 5.41) is 19.1. The fraction of sp³-hybridized carbons (Fsp3) is 0.450. The van der Waals surface area contributed by atoms with Crippen molar-refractivity contribution < 1.29 is 24.4 Å². The van der Waals surface area contributed by atoms with Crippen molar-refractivity contribution in [2.75, 3.05) is 6.54 Å². The number of carboxylic acids is 1. The second kappa shape index (κ2) is 7.52. The van der Waals surface area contributed by atoms with Crippen LogP contribution in [0.2, 0.25) is 0 Å². The van der Waals surface area contributed by atoms with E-state index < -0.39 is 11.8 Å². The second-order valence-electron chi connectivity index (χ2n) is 6.84. The summed E-state index contributed by atoms with van der Waals surface area (Å²) in [5.74, 6) is 0.749. The topological polar surface area (TPSA) is 80.4 Å². The average molecular weight is 341 g/mol. The molecule has 0 atom stereocenters. The first kappa shape index (κ1) is 18.7. The highest BCUT2D eigenvalue weighted by atomic mass is 16.4. The van der Waals surface area contributed by atoms with Crippen LogP contribution in [0.1, 0.15) is 62.4 Å². The molecule has 132 valence electrons. The van der Waals surface area contributed by atoms with E-state index in [-0.39, 0.29) is 11.8 Å². The molecule has 1 N–H and O–H groups in total. The van der Waals surface area contributed by atoms with Crippen LogP contribution in [0.4, 0.5) is 5.69 Å². The average Bonchev–Trinajstić information content (AvgIpc) is 2.74. The zero-order valence-corrected chi connectivity index (χ0v) is 14.9. The van der Waals surface area contributed by atoms with Gasteiger partial charge in [-0.3, -0.25) is 4.79 Å². The van der Waals surface area contributed by atoms with Crippen molar-refractivity contribution in [3.05, 3.63) is 29.3 Å². The molecule has 0 bridgehead atoms. The number of aliphatic carboxylic acids is 1. The molecule has 0 saturated heterocycles. The molecular formula is C20H23NO4. The molecule has 1 aromatic rings. The summed E-state index contributed by atoms with van der Waals surface area (Å²) in [7, 11) is 0. The van der Waals surface area contributed by atoms with E-state index in [1.54, 1.807) is 12.2 Å². The fourth-order valence-electron chi connectivity index (χ4n) is 3.25. The first-order valence-electron chi connectivity index (χ1n) is 8.44. The molecule has 0 amide bonds. The predicted octanol–water partition coefficient (Wildman–Crippen LogP) is 1.91. The molecule has 25 heavy (non-hydrogen) atoms. The van der Waals surface area contributed by atoms with Crippen LogP contribution in [-0.4, -0.2) is 33.7 Å². The monoisotopic (exact) mass is 341 g/mol. The van der Waals surface area contributed by atoms with Crippen LogP contribution < -0.4 is 5.11 Å². The van der Waals surface area contributed by atoms with Crippen molar-refractivity contribution in [2.24, 2.45) is 0 Å². The summed E-state index contributed by atoms with van der Waals surface area (Å²) in [4.78, 5) is 22.4. The molecule has 5 heteroatoms. The molecular weight excluding hydrogens is 318 g/mol. The number of ketones is 1. The summed E-state index contributed by atoms with van der Waals surface area (Å²) in [6.07, 6.45) is 4.10. The van der Waals surface area contributed by atoms with Gasteiger partial charge in [0.1, 0.15) is 12.7 Å². The third-order valence-electron chi connectivity index (χ3n) is 4.96. The van der Waals surface area contributed by atoms with E-state index >= 15 is 0 Å². The molecule has 0 radical (unpaired) electrons. The van der Waals surface area contributed by atoms with E-state index in [4.69, 9.17) is 5.11 Å². The predicted molar refractivity (Wildman–Crippen MR) is 92.5 cm³/mol. The molecule has 1 aliphatic heterocycles. The van der Waals surface area contributed by atoms with Crippen LogP contribution in [0.15, 0.2) is 18.2 Å². The SMILES string of the molecule is CC1=[N+](CCCCCC(=O)[O-])c2ccc(C(=O)C#CO)cc2C1(C)C. The van der Waals surface area contributed by atoms with Gasteiger partial charge in [-0.15, -0.1) is 0 Å². The van der Waals surface area contributed by atoms with Gasteiger partial charge in [0.2, 0.25) is 11.5 Å². The van der Waals surface area contributed by atoms with Crippen LogP contribution in [0.25, 0.3) is 0 Å². The standard InChI is InChI=1S/C20H23NO4/c1-14-20(2,3)16-13-15(18(23)10-12-22)8-9-17(16)21(14)11-6-4-5-7-19(24)25/h8-9,13H,4-7,11H2,1-3H3,(H-,22,23,24,25). The van der Waals surface area contributed by atoms with Crippen molar-refractivity contribution >= 4 is 23.2 Å². The molecule has 1 heterocycles. The normalized spacial score (nSPS) is 14.7. The quantitative estimate of drug-likeness (QED) is 0.355. The summed E-state index contributed by atoms with van der Waals surface area (Å²) in [5.41, 5.74) is 3.59. The first-order valence-corrected chi connectivity index (χ1v) is 8.44. The van der Waals surface area contributed by atoms with E-state index in [0.717, 1.165) is 30.6 Å². The molecule has 1 aromatic carbocycles. The largest absolute Gasteiger partial charge is 0.550 e. The summed E-state index contributed by atoms with van der Waals surface area (Å²) < 4.78 is 2.24. The molecule has 1 aliphatic rings. The number of unbranched alkanes of at least 4 members (excludes halogenated alkanes) is 2. The van der Waals surface area contributed by atoms with Gasteiger partial charge in [-0.2, -0.15) is 4.58 Å². The molecule has 0 aliphatic carbocycles. The minimum absolute atomic E-state index is 0.0993. The maximum absolute atomic E-state index is 11.9. The fourth-order valence-corrected chi connectivity index (χ4v) is 3.25. The molecule has 5 nitrogen and oxygen atoms in total. The number of fused-ring (bicyclic) bond motifs is 1. The first-order chi connectivity index (χ1) is 11.8. The Morgan fingerprint density at radius 1 is 1.24 bits per heavy atom. The smallest absolute Gasteiger partial charge is 0.239 e. The lowest BCUT2D eigenvalue weighted by Crippen LogP contribution is -2.26. The molecule has 0 fully saturated rings. The van der Waals surface area contributed by atoms with Gasteiger partial charge in [-0.05, 0) is 45.2 Å². The minimum Gasteiger partial charge on any atom is -0.550 e. The highest BCUT2D eigenvalue weighted by molar-refractivity contribution is 6.09. The molecule has 0 unspecified atom stereocenters. The van der Waals surface area contributed by atoms with Gasteiger partial charge >= 0.3 is 0 Å². The number of aliphatic hydroxyl groups is 1. The van der Waals surface area contributed by atoms with E-state index in [9.17, 15) is 14.7 Å². The van der Waals surface area contributed by atoms with Crippen molar-refractivity contribution in [3.63, 3.8) is 0 Å². The van der Waals surface area contributed by atoms with E-state index in [1.165, 1.54) is 5.71 Å². The molecule has 0 saturated carbocycles. The lowest BCUT2D eigenvalue weighted by atomic mass is 9.81. The number of carbonyl (C=O) groups is 2. The van der Waals surface area contributed by atoms with Gasteiger partial charge in [0, 0.05) is 42.4 Å². The number of Topliss-reactive ketones (excluding diaryl/α,β-unsaturated/α-hetero) is 1. The molecule has 2 rings (SSSR count). The number of nitrogens with zero attached hydrogens (tertiary/aromatic N) is 1. The number of rotatable bonds is 7. The van der Waals surface area contributed by atoms with Gasteiger partial charge in [-0.25, -0.2) is 0 Å². The molecule has 0 aromatic heterocycles. The minimum atomic E-state index is -1.00. The van der Waals surface area contributed by atoms with Crippen LogP contribution in [0.3, 0.4) is 0 Å². The molecule has 0 spiro atoms. The summed E-state index contributed by atoms with van der Waals surface area (Å²) in [6.45, 7) is 7.11. The van der Waals surface area contributed by atoms with Crippen molar-refractivity contribution in [3.8, 4) is 12.0 Å². The van der Waals surface area contributed by atoms with Crippen LogP contribution in [0.5, 0.6) is 0 Å².